The molecule has 3 amide bonds. The van der Waals surface area contributed by atoms with Gasteiger partial charge in [-0.15, -0.1) is 0 Å². The summed E-state index contributed by atoms with van der Waals surface area (Å²) in [6, 6.07) is 0. The Hall–Kier alpha value is -1.89. The first-order chi connectivity index (χ1) is 14.9. The van der Waals surface area contributed by atoms with Gasteiger partial charge in [0.05, 0.1) is 6.54 Å². The highest BCUT2D eigenvalue weighted by Gasteiger charge is 2.46. The fourth-order valence-electron chi connectivity index (χ4n) is 5.22. The third-order valence-electron chi connectivity index (χ3n) is 6.96. The number of nitrogens with zero attached hydrogens (tertiary/aromatic N) is 1. The molecule has 2 rings (SSSR count). The Morgan fingerprint density at radius 1 is 0.968 bits per heavy atom. The summed E-state index contributed by atoms with van der Waals surface area (Å²) in [5, 5.41) is 15.5. The van der Waals surface area contributed by atoms with Crippen LogP contribution in [0.15, 0.2) is 12.2 Å². The molecule has 3 N–H and O–H groups in total. The van der Waals surface area contributed by atoms with Gasteiger partial charge in [-0.25, -0.2) is 5.06 Å². The monoisotopic (exact) mass is 435 g/mol. The molecule has 0 radical (unpaired) electrons. The zero-order valence-corrected chi connectivity index (χ0v) is 19.3. The lowest BCUT2D eigenvalue weighted by molar-refractivity contribution is -0.159. The van der Waals surface area contributed by atoms with Gasteiger partial charge in [-0.1, -0.05) is 31.9 Å². The molecule has 2 aliphatic rings. The maximum absolute atomic E-state index is 12.2. The fourth-order valence-corrected chi connectivity index (χ4v) is 5.22. The van der Waals surface area contributed by atoms with E-state index in [0.29, 0.717) is 42.2 Å². The van der Waals surface area contributed by atoms with Crippen LogP contribution >= 0.6 is 0 Å². The lowest BCUT2D eigenvalue weighted by Gasteiger charge is -2.30. The van der Waals surface area contributed by atoms with Crippen LogP contribution in [0.5, 0.6) is 0 Å². The van der Waals surface area contributed by atoms with Gasteiger partial charge in [0.25, 0.3) is 0 Å². The normalized spacial score (nSPS) is 24.5. The molecule has 0 heterocycles. The minimum atomic E-state index is -0.255. The van der Waals surface area contributed by atoms with E-state index in [1.54, 1.807) is 0 Å². The molecule has 0 aliphatic heterocycles. The van der Waals surface area contributed by atoms with Gasteiger partial charge < -0.3 is 10.6 Å². The van der Waals surface area contributed by atoms with Crippen molar-refractivity contribution in [1.29, 1.82) is 0 Å². The predicted octanol–water partition coefficient (Wildman–Crippen LogP) is 3.43. The molecule has 0 saturated heterocycles. The van der Waals surface area contributed by atoms with Crippen LogP contribution in [-0.4, -0.2) is 48.1 Å². The molecule has 7 nitrogen and oxygen atoms in total. The van der Waals surface area contributed by atoms with Crippen molar-refractivity contribution in [2.24, 2.45) is 23.7 Å². The highest BCUT2D eigenvalue weighted by Crippen LogP contribution is 2.53. The third-order valence-corrected chi connectivity index (χ3v) is 6.96. The van der Waals surface area contributed by atoms with Crippen molar-refractivity contribution >= 4 is 17.7 Å². The van der Waals surface area contributed by atoms with E-state index in [2.05, 4.69) is 29.7 Å². The summed E-state index contributed by atoms with van der Waals surface area (Å²) in [4.78, 5) is 35.3. The summed E-state index contributed by atoms with van der Waals surface area (Å²) >= 11 is 0. The standard InChI is InChI=1S/C24H41N3O4/c1-3-4-7-11-22(28)26-17-23(29)25-16-21-19-14-13-18(15-19)20(21)10-8-5-6-9-12-24(30)27(2)31/h5,8,18-21,31H,3-4,6-7,9-17H2,1-2H3,(H,25,29)(H,26,28)/t18-,19+,20-,21+/m1/s1. The van der Waals surface area contributed by atoms with E-state index in [1.807, 2.05) is 0 Å². The Balaban J connectivity index is 1.67. The van der Waals surface area contributed by atoms with E-state index >= 15 is 0 Å². The Bertz CT molecular complexity index is 620. The van der Waals surface area contributed by atoms with Gasteiger partial charge in [0, 0.05) is 26.4 Å². The molecule has 7 heteroatoms. The Morgan fingerprint density at radius 2 is 1.71 bits per heavy atom. The van der Waals surface area contributed by atoms with Gasteiger partial charge in [0.1, 0.15) is 0 Å². The fraction of sp³-hybridized carbons (Fsp3) is 0.792. The average molecular weight is 436 g/mol. The largest absolute Gasteiger partial charge is 0.354 e. The Kier molecular flexibility index (Phi) is 11.1. The van der Waals surface area contributed by atoms with Crippen LogP contribution in [0, 0.1) is 23.7 Å². The first kappa shape index (κ1) is 25.4. The summed E-state index contributed by atoms with van der Waals surface area (Å²) in [5.74, 6) is 2.17. The average Bonchev–Trinajstić information content (AvgIpc) is 3.35. The maximum atomic E-state index is 12.2. The molecule has 2 saturated carbocycles. The Labute approximate surface area is 187 Å². The highest BCUT2D eigenvalue weighted by atomic mass is 16.5. The van der Waals surface area contributed by atoms with Crippen molar-refractivity contribution in [3.63, 3.8) is 0 Å². The van der Waals surface area contributed by atoms with Crippen molar-refractivity contribution in [3.8, 4) is 0 Å². The van der Waals surface area contributed by atoms with Gasteiger partial charge in [-0.3, -0.25) is 19.6 Å². The number of hydroxylamine groups is 2. The number of hydrogen-bond donors (Lipinski definition) is 3. The second kappa shape index (κ2) is 13.5. The second-order valence-electron chi connectivity index (χ2n) is 9.22. The summed E-state index contributed by atoms with van der Waals surface area (Å²) in [6.45, 7) is 2.87. The molecule has 2 bridgehead atoms. The van der Waals surface area contributed by atoms with Crippen molar-refractivity contribution in [2.75, 3.05) is 20.1 Å². The highest BCUT2D eigenvalue weighted by molar-refractivity contribution is 5.84. The van der Waals surface area contributed by atoms with Crippen LogP contribution in [0.1, 0.15) is 77.6 Å². The quantitative estimate of drug-likeness (QED) is 0.168. The van der Waals surface area contributed by atoms with E-state index in [4.69, 9.17) is 5.21 Å². The van der Waals surface area contributed by atoms with Crippen molar-refractivity contribution in [1.82, 2.24) is 15.7 Å². The SMILES string of the molecule is CCCCCC(=O)NCC(=O)NC[C@H]1[C@H]2CC[C@H](C2)[C@H]1CC=CCCCC(=O)N(C)O. The van der Waals surface area contributed by atoms with E-state index in [9.17, 15) is 14.4 Å². The summed E-state index contributed by atoms with van der Waals surface area (Å²) in [6.07, 6.45) is 14.6. The number of nitrogens with one attached hydrogen (secondary N) is 2. The molecule has 2 fully saturated rings. The molecule has 0 aromatic carbocycles. The van der Waals surface area contributed by atoms with Crippen molar-refractivity contribution < 1.29 is 19.6 Å². The smallest absolute Gasteiger partial charge is 0.245 e. The minimum Gasteiger partial charge on any atom is -0.354 e. The number of rotatable bonds is 14. The zero-order chi connectivity index (χ0) is 22.6. The van der Waals surface area contributed by atoms with Gasteiger partial charge in [-0.2, -0.15) is 0 Å². The first-order valence-corrected chi connectivity index (χ1v) is 12.1. The number of amides is 3. The number of unbranched alkanes of at least 4 members (excludes halogenated alkanes) is 3. The number of carbonyl (C=O) groups is 3. The van der Waals surface area contributed by atoms with E-state index in [-0.39, 0.29) is 24.3 Å². The van der Waals surface area contributed by atoms with Crippen LogP contribution in [0.3, 0.4) is 0 Å². The Morgan fingerprint density at radius 3 is 2.42 bits per heavy atom. The molecule has 0 unspecified atom stereocenters. The topological polar surface area (TPSA) is 98.7 Å². The van der Waals surface area contributed by atoms with Crippen LogP contribution in [0.4, 0.5) is 0 Å². The molecular formula is C24H41N3O4. The summed E-state index contributed by atoms with van der Waals surface area (Å²) in [7, 11) is 1.35. The van der Waals surface area contributed by atoms with Crippen LogP contribution < -0.4 is 10.6 Å². The molecule has 176 valence electrons. The molecule has 0 spiro atoms. The van der Waals surface area contributed by atoms with Gasteiger partial charge in [0.2, 0.25) is 17.7 Å². The second-order valence-corrected chi connectivity index (χ2v) is 9.22. The lowest BCUT2D eigenvalue weighted by Crippen LogP contribution is -2.41. The van der Waals surface area contributed by atoms with Gasteiger partial charge >= 0.3 is 0 Å². The van der Waals surface area contributed by atoms with E-state index < -0.39 is 0 Å². The van der Waals surface area contributed by atoms with E-state index in [1.165, 1.54) is 26.3 Å². The third kappa shape index (κ3) is 8.63. The molecule has 0 aromatic heterocycles. The molecule has 4 atom stereocenters. The summed E-state index contributed by atoms with van der Waals surface area (Å²) < 4.78 is 0. The number of allylic oxidation sites excluding steroid dienone is 2. The van der Waals surface area contributed by atoms with Gasteiger partial charge in [0.15, 0.2) is 0 Å². The van der Waals surface area contributed by atoms with Crippen LogP contribution in [0.2, 0.25) is 0 Å². The summed E-state index contributed by atoms with van der Waals surface area (Å²) in [5.41, 5.74) is 0. The van der Waals surface area contributed by atoms with Crippen LogP contribution in [-0.2, 0) is 14.4 Å². The molecule has 0 aromatic rings. The minimum absolute atomic E-state index is 0.0427. The van der Waals surface area contributed by atoms with E-state index in [0.717, 1.165) is 44.4 Å². The lowest BCUT2D eigenvalue weighted by atomic mass is 9.77. The predicted molar refractivity (Wildman–Crippen MR) is 120 cm³/mol. The first-order valence-electron chi connectivity index (χ1n) is 12.1. The van der Waals surface area contributed by atoms with Crippen molar-refractivity contribution in [3.05, 3.63) is 12.2 Å². The number of carbonyl (C=O) groups excluding carboxylic acids is 3. The maximum Gasteiger partial charge on any atom is 0.245 e. The number of hydrogen-bond acceptors (Lipinski definition) is 4. The van der Waals surface area contributed by atoms with Gasteiger partial charge in [-0.05, 0) is 68.6 Å². The number of fused-ring (bicyclic) bond motifs is 2. The van der Waals surface area contributed by atoms with Crippen molar-refractivity contribution in [2.45, 2.75) is 77.6 Å². The molecular weight excluding hydrogens is 394 g/mol. The molecule has 2 aliphatic carbocycles. The zero-order valence-electron chi connectivity index (χ0n) is 19.3. The molecule has 31 heavy (non-hydrogen) atoms. The van der Waals surface area contributed by atoms with Crippen LogP contribution in [0.25, 0.3) is 0 Å².